The van der Waals surface area contributed by atoms with E-state index in [4.69, 9.17) is 16.3 Å². The number of halogens is 1. The Labute approximate surface area is 155 Å². The van der Waals surface area contributed by atoms with Crippen LogP contribution in [0.2, 0.25) is 5.02 Å². The zero-order valence-corrected chi connectivity index (χ0v) is 14.7. The number of imidazole rings is 1. The predicted octanol–water partition coefficient (Wildman–Crippen LogP) is 3.71. The van der Waals surface area contributed by atoms with Crippen molar-refractivity contribution in [2.45, 2.75) is 12.3 Å². The number of fused-ring (bicyclic) bond motifs is 1. The minimum absolute atomic E-state index is 0.0306. The second kappa shape index (κ2) is 6.38. The summed E-state index contributed by atoms with van der Waals surface area (Å²) in [6.45, 7) is 0. The molecule has 2 N–H and O–H groups in total. The van der Waals surface area contributed by atoms with Gasteiger partial charge in [-0.2, -0.15) is 0 Å². The van der Waals surface area contributed by atoms with E-state index in [0.29, 0.717) is 16.6 Å². The van der Waals surface area contributed by atoms with Gasteiger partial charge in [0.1, 0.15) is 12.1 Å². The standard InChI is InChI=1S/C19H16ClN3O3/c1-26-16-7-6-11(8-15(16)24)12-9-17(25)22-19-18(12)21-10-23(19)14-5-3-2-4-13(14)20/h2-8,10,12,24H,9H2,1H3,(H,22,25)/t12-/m0/s1. The summed E-state index contributed by atoms with van der Waals surface area (Å²) in [4.78, 5) is 16.8. The van der Waals surface area contributed by atoms with Crippen molar-refractivity contribution in [3.63, 3.8) is 0 Å². The van der Waals surface area contributed by atoms with Gasteiger partial charge in [0, 0.05) is 12.3 Å². The van der Waals surface area contributed by atoms with Crippen LogP contribution in [0.15, 0.2) is 48.8 Å². The first kappa shape index (κ1) is 16.5. The fourth-order valence-electron chi connectivity index (χ4n) is 3.24. The van der Waals surface area contributed by atoms with E-state index in [1.165, 1.54) is 7.11 Å². The van der Waals surface area contributed by atoms with Crippen molar-refractivity contribution in [3.8, 4) is 17.2 Å². The molecule has 26 heavy (non-hydrogen) atoms. The van der Waals surface area contributed by atoms with Gasteiger partial charge in [0.05, 0.1) is 23.5 Å². The van der Waals surface area contributed by atoms with Crippen LogP contribution in [0.3, 0.4) is 0 Å². The Morgan fingerprint density at radius 2 is 2.12 bits per heavy atom. The van der Waals surface area contributed by atoms with Crippen molar-refractivity contribution in [2.24, 2.45) is 0 Å². The summed E-state index contributed by atoms with van der Waals surface area (Å²) in [5.41, 5.74) is 2.26. The smallest absolute Gasteiger partial charge is 0.226 e. The van der Waals surface area contributed by atoms with E-state index in [1.54, 1.807) is 29.1 Å². The maximum absolute atomic E-state index is 12.3. The summed E-state index contributed by atoms with van der Waals surface area (Å²) in [7, 11) is 1.49. The maximum Gasteiger partial charge on any atom is 0.226 e. The second-order valence-corrected chi connectivity index (χ2v) is 6.44. The molecule has 0 aliphatic carbocycles. The van der Waals surface area contributed by atoms with Gasteiger partial charge in [-0.15, -0.1) is 0 Å². The molecule has 1 amide bonds. The topological polar surface area (TPSA) is 76.4 Å². The van der Waals surface area contributed by atoms with Gasteiger partial charge >= 0.3 is 0 Å². The Hall–Kier alpha value is -2.99. The minimum atomic E-state index is -0.265. The molecule has 1 aliphatic rings. The average Bonchev–Trinajstić information content (AvgIpc) is 3.05. The third-order valence-corrected chi connectivity index (χ3v) is 4.81. The number of para-hydroxylation sites is 1. The van der Waals surface area contributed by atoms with Gasteiger partial charge in [-0.3, -0.25) is 9.36 Å². The summed E-state index contributed by atoms with van der Waals surface area (Å²) >= 11 is 6.29. The van der Waals surface area contributed by atoms with Crippen LogP contribution in [0.1, 0.15) is 23.6 Å². The lowest BCUT2D eigenvalue weighted by Gasteiger charge is -2.24. The normalized spacial score (nSPS) is 16.1. The Morgan fingerprint density at radius 3 is 2.85 bits per heavy atom. The summed E-state index contributed by atoms with van der Waals surface area (Å²) in [6, 6.07) is 12.5. The monoisotopic (exact) mass is 369 g/mol. The number of hydrogen-bond acceptors (Lipinski definition) is 4. The van der Waals surface area contributed by atoms with Gasteiger partial charge in [0.15, 0.2) is 11.5 Å². The number of carbonyl (C=O) groups is 1. The highest BCUT2D eigenvalue weighted by molar-refractivity contribution is 6.32. The van der Waals surface area contributed by atoms with Gasteiger partial charge in [-0.1, -0.05) is 29.8 Å². The molecule has 0 saturated carbocycles. The number of phenolic OH excluding ortho intramolecular Hbond substituents is 1. The molecule has 2 heterocycles. The molecule has 0 fully saturated rings. The minimum Gasteiger partial charge on any atom is -0.504 e. The van der Waals surface area contributed by atoms with E-state index < -0.39 is 0 Å². The summed E-state index contributed by atoms with van der Waals surface area (Å²) in [5.74, 6) is 0.625. The fourth-order valence-corrected chi connectivity index (χ4v) is 3.46. The van der Waals surface area contributed by atoms with Crippen LogP contribution in [0, 0.1) is 0 Å². The molecule has 2 aromatic carbocycles. The van der Waals surface area contributed by atoms with Crippen LogP contribution in [0.25, 0.3) is 5.69 Å². The molecule has 7 heteroatoms. The molecule has 0 unspecified atom stereocenters. The first-order valence-electron chi connectivity index (χ1n) is 8.07. The molecule has 132 valence electrons. The number of anilines is 1. The first-order chi connectivity index (χ1) is 12.6. The van der Waals surface area contributed by atoms with E-state index in [-0.39, 0.29) is 24.0 Å². The van der Waals surface area contributed by atoms with Crippen LogP contribution in [-0.4, -0.2) is 27.7 Å². The number of methoxy groups -OCH3 is 1. The van der Waals surface area contributed by atoms with Gasteiger partial charge in [0.25, 0.3) is 0 Å². The molecule has 6 nitrogen and oxygen atoms in total. The molecule has 1 aliphatic heterocycles. The van der Waals surface area contributed by atoms with Crippen molar-refractivity contribution < 1.29 is 14.6 Å². The number of nitrogens with one attached hydrogen (secondary N) is 1. The summed E-state index contributed by atoms with van der Waals surface area (Å²) in [6.07, 6.45) is 1.90. The number of rotatable bonds is 3. The number of ether oxygens (including phenoxy) is 1. The lowest BCUT2D eigenvalue weighted by molar-refractivity contribution is -0.116. The van der Waals surface area contributed by atoms with Crippen molar-refractivity contribution in [1.29, 1.82) is 0 Å². The molecular formula is C19H16ClN3O3. The van der Waals surface area contributed by atoms with Crippen molar-refractivity contribution >= 4 is 23.3 Å². The van der Waals surface area contributed by atoms with Gasteiger partial charge in [0.2, 0.25) is 5.91 Å². The Kier molecular flexibility index (Phi) is 4.05. The van der Waals surface area contributed by atoms with E-state index in [0.717, 1.165) is 16.9 Å². The number of carbonyl (C=O) groups excluding carboxylic acids is 1. The molecule has 0 bridgehead atoms. The highest BCUT2D eigenvalue weighted by Crippen LogP contribution is 2.40. The number of hydrogen-bond donors (Lipinski definition) is 2. The van der Waals surface area contributed by atoms with E-state index in [2.05, 4.69) is 10.3 Å². The van der Waals surface area contributed by atoms with Crippen molar-refractivity contribution in [3.05, 3.63) is 65.1 Å². The number of aromatic nitrogens is 2. The number of phenols is 1. The number of nitrogens with zero attached hydrogens (tertiary/aromatic N) is 2. The average molecular weight is 370 g/mol. The number of benzene rings is 2. The third kappa shape index (κ3) is 2.68. The number of amides is 1. The van der Waals surface area contributed by atoms with Crippen LogP contribution in [0.5, 0.6) is 11.5 Å². The van der Waals surface area contributed by atoms with E-state index >= 15 is 0 Å². The van der Waals surface area contributed by atoms with Crippen LogP contribution in [0.4, 0.5) is 5.82 Å². The highest BCUT2D eigenvalue weighted by Gasteiger charge is 2.31. The largest absolute Gasteiger partial charge is 0.504 e. The van der Waals surface area contributed by atoms with E-state index in [1.807, 2.05) is 24.3 Å². The maximum atomic E-state index is 12.3. The van der Waals surface area contributed by atoms with Crippen LogP contribution in [-0.2, 0) is 4.79 Å². The SMILES string of the molecule is COc1ccc([C@@H]2CC(=O)Nc3c2ncn3-c2ccccc2Cl)cc1O. The third-order valence-electron chi connectivity index (χ3n) is 4.49. The zero-order chi connectivity index (χ0) is 18.3. The molecule has 1 aromatic heterocycles. The van der Waals surface area contributed by atoms with Crippen LogP contribution >= 0.6 is 11.6 Å². The van der Waals surface area contributed by atoms with E-state index in [9.17, 15) is 9.90 Å². The molecular weight excluding hydrogens is 354 g/mol. The molecule has 0 radical (unpaired) electrons. The Balaban J connectivity index is 1.81. The molecule has 3 aromatic rings. The molecule has 0 spiro atoms. The lowest BCUT2D eigenvalue weighted by atomic mass is 9.89. The Bertz CT molecular complexity index is 999. The van der Waals surface area contributed by atoms with Gasteiger partial charge in [-0.05, 0) is 29.8 Å². The fraction of sp³-hybridized carbons (Fsp3) is 0.158. The summed E-state index contributed by atoms with van der Waals surface area (Å²) in [5, 5.41) is 13.5. The number of aromatic hydroxyl groups is 1. The van der Waals surface area contributed by atoms with Crippen molar-refractivity contribution in [1.82, 2.24) is 9.55 Å². The molecule has 0 saturated heterocycles. The molecule has 4 rings (SSSR count). The summed E-state index contributed by atoms with van der Waals surface area (Å²) < 4.78 is 6.86. The lowest BCUT2D eigenvalue weighted by Crippen LogP contribution is -2.25. The highest BCUT2D eigenvalue weighted by atomic mass is 35.5. The predicted molar refractivity (Wildman–Crippen MR) is 98.3 cm³/mol. The van der Waals surface area contributed by atoms with Crippen molar-refractivity contribution in [2.75, 3.05) is 12.4 Å². The van der Waals surface area contributed by atoms with Crippen LogP contribution < -0.4 is 10.1 Å². The first-order valence-corrected chi connectivity index (χ1v) is 8.45. The van der Waals surface area contributed by atoms with Gasteiger partial charge < -0.3 is 15.2 Å². The van der Waals surface area contributed by atoms with Gasteiger partial charge in [-0.25, -0.2) is 4.98 Å². The quantitative estimate of drug-likeness (QED) is 0.737. The molecule has 1 atom stereocenters. The zero-order valence-electron chi connectivity index (χ0n) is 13.9. The Morgan fingerprint density at radius 1 is 1.31 bits per heavy atom. The second-order valence-electron chi connectivity index (χ2n) is 6.04.